The minimum absolute atomic E-state index is 0.0225. The molecular weight excluding hydrogens is 348 g/mol. The highest BCUT2D eigenvalue weighted by Crippen LogP contribution is 2.31. The molecule has 0 radical (unpaired) electrons. The molecule has 9 nitrogen and oxygen atoms in total. The minimum Gasteiger partial charge on any atom is -0.465 e. The summed E-state index contributed by atoms with van der Waals surface area (Å²) in [5.41, 5.74) is -0.585. The number of nitrogens with zero attached hydrogens (tertiary/aromatic N) is 2. The van der Waals surface area contributed by atoms with Gasteiger partial charge in [0.1, 0.15) is 11.3 Å². The van der Waals surface area contributed by atoms with Crippen molar-refractivity contribution in [2.45, 2.75) is 32.9 Å². The number of carbonyl (C=O) groups excluding carboxylic acids is 1. The Bertz CT molecular complexity index is 537. The molecule has 0 aliphatic carbocycles. The third kappa shape index (κ3) is 5.23. The van der Waals surface area contributed by atoms with Gasteiger partial charge in [0.05, 0.1) is 13.2 Å². The number of aromatic nitrogens is 2. The van der Waals surface area contributed by atoms with Gasteiger partial charge in [-0.05, 0) is 36.7 Å². The van der Waals surface area contributed by atoms with Crippen LogP contribution in [0.5, 0.6) is 0 Å². The fourth-order valence-electron chi connectivity index (χ4n) is 1.43. The van der Waals surface area contributed by atoms with Gasteiger partial charge in [-0.25, -0.2) is 14.3 Å². The van der Waals surface area contributed by atoms with Crippen molar-refractivity contribution in [3.8, 4) is 0 Å². The average Bonchev–Trinajstić information content (AvgIpc) is 2.55. The van der Waals surface area contributed by atoms with E-state index in [4.69, 9.17) is 14.9 Å². The number of aliphatic hydroxyl groups excluding tert-OH is 1. The van der Waals surface area contributed by atoms with Gasteiger partial charge in [-0.1, -0.05) is 0 Å². The lowest BCUT2D eigenvalue weighted by Gasteiger charge is -2.19. The van der Waals surface area contributed by atoms with Gasteiger partial charge in [0.15, 0.2) is 10.4 Å². The number of hydrogen-bond acceptors (Lipinski definition) is 5. The summed E-state index contributed by atoms with van der Waals surface area (Å²) in [5, 5.41) is 26.3. The molecule has 118 valence electrons. The minimum atomic E-state index is -1.33. The van der Waals surface area contributed by atoms with Gasteiger partial charge >= 0.3 is 12.2 Å². The van der Waals surface area contributed by atoms with Crippen LogP contribution in [-0.4, -0.2) is 44.4 Å². The molecule has 0 aliphatic rings. The zero-order valence-electron chi connectivity index (χ0n) is 11.8. The maximum atomic E-state index is 11.8. The largest absolute Gasteiger partial charge is 0.465 e. The lowest BCUT2D eigenvalue weighted by molar-refractivity contribution is 0.0635. The van der Waals surface area contributed by atoms with Crippen molar-refractivity contribution in [2.24, 2.45) is 0 Å². The van der Waals surface area contributed by atoms with E-state index < -0.39 is 17.8 Å². The third-order valence-corrected chi connectivity index (χ3v) is 2.63. The first-order valence-electron chi connectivity index (χ1n) is 6.01. The van der Waals surface area contributed by atoms with Crippen molar-refractivity contribution in [3.05, 3.63) is 4.60 Å². The van der Waals surface area contributed by atoms with Crippen molar-refractivity contribution in [3.63, 3.8) is 0 Å². The van der Waals surface area contributed by atoms with Crippen LogP contribution in [0.15, 0.2) is 4.60 Å². The summed E-state index contributed by atoms with van der Waals surface area (Å²) in [5.74, 6) is 0.0225. The third-order valence-electron chi connectivity index (χ3n) is 2.07. The van der Waals surface area contributed by atoms with E-state index in [9.17, 15) is 9.59 Å². The average molecular weight is 365 g/mol. The number of carbonyl (C=O) groups is 2. The molecule has 2 amide bonds. The molecule has 0 saturated carbocycles. The molecule has 0 fully saturated rings. The lowest BCUT2D eigenvalue weighted by atomic mass is 10.2. The van der Waals surface area contributed by atoms with E-state index >= 15 is 0 Å². The maximum Gasteiger partial charge on any atom is 0.412 e. The number of carboxylic acid groups (broad SMARTS) is 1. The zero-order valence-corrected chi connectivity index (χ0v) is 13.4. The zero-order chi connectivity index (χ0) is 16.2. The van der Waals surface area contributed by atoms with E-state index in [-0.39, 0.29) is 29.3 Å². The second-order valence-corrected chi connectivity index (χ2v) is 5.77. The first kappa shape index (κ1) is 17.2. The summed E-state index contributed by atoms with van der Waals surface area (Å²) >= 11 is 3.12. The smallest absolute Gasteiger partial charge is 0.412 e. The predicted octanol–water partition coefficient (Wildman–Crippen LogP) is 2.07. The molecule has 1 aromatic rings. The Hall–Kier alpha value is -1.81. The van der Waals surface area contributed by atoms with Crippen LogP contribution in [0.3, 0.4) is 0 Å². The molecule has 0 atom stereocenters. The van der Waals surface area contributed by atoms with E-state index in [0.717, 1.165) is 0 Å². The molecule has 10 heteroatoms. The van der Waals surface area contributed by atoms with Gasteiger partial charge in [-0.3, -0.25) is 10.6 Å². The van der Waals surface area contributed by atoms with Crippen molar-refractivity contribution >= 4 is 39.6 Å². The standard InChI is InChI=1S/C11H17BrN4O5/c1-11(2,3)21-10(20)13-6-7(12)15-16(4-5-17)8(6)14-9(18)19/h14,17H,4-5H2,1-3H3,(H,13,20)(H,18,19). The topological polar surface area (TPSA) is 126 Å². The van der Waals surface area contributed by atoms with Crippen molar-refractivity contribution in [1.29, 1.82) is 0 Å². The Morgan fingerprint density at radius 3 is 2.48 bits per heavy atom. The second-order valence-electron chi connectivity index (χ2n) is 5.02. The van der Waals surface area contributed by atoms with Crippen LogP contribution >= 0.6 is 15.9 Å². The second kappa shape index (κ2) is 6.76. The number of anilines is 2. The van der Waals surface area contributed by atoms with Crippen LogP contribution in [-0.2, 0) is 11.3 Å². The molecule has 0 bridgehead atoms. The highest BCUT2D eigenvalue weighted by molar-refractivity contribution is 9.10. The molecule has 21 heavy (non-hydrogen) atoms. The summed E-state index contributed by atoms with van der Waals surface area (Å²) in [6.07, 6.45) is -2.07. The first-order chi connectivity index (χ1) is 9.64. The number of ether oxygens (including phenoxy) is 1. The number of amides is 2. The maximum absolute atomic E-state index is 11.8. The molecular formula is C11H17BrN4O5. The summed E-state index contributed by atoms with van der Waals surface area (Å²) in [7, 11) is 0. The van der Waals surface area contributed by atoms with E-state index in [1.54, 1.807) is 20.8 Å². The van der Waals surface area contributed by atoms with Crippen LogP contribution in [0.4, 0.5) is 21.1 Å². The van der Waals surface area contributed by atoms with Crippen LogP contribution < -0.4 is 10.6 Å². The van der Waals surface area contributed by atoms with Crippen LogP contribution in [0.2, 0.25) is 0 Å². The van der Waals surface area contributed by atoms with Gasteiger partial charge in [-0.2, -0.15) is 5.10 Å². The SMILES string of the molecule is CC(C)(C)OC(=O)Nc1c(Br)nn(CCO)c1NC(=O)O. The Morgan fingerprint density at radius 2 is 2.00 bits per heavy atom. The molecule has 0 unspecified atom stereocenters. The quantitative estimate of drug-likeness (QED) is 0.647. The van der Waals surface area contributed by atoms with Crippen molar-refractivity contribution in [1.82, 2.24) is 9.78 Å². The molecule has 1 aromatic heterocycles. The van der Waals surface area contributed by atoms with Crippen LogP contribution in [0.1, 0.15) is 20.8 Å². The molecule has 4 N–H and O–H groups in total. The number of hydrogen-bond donors (Lipinski definition) is 4. The van der Waals surface area contributed by atoms with Crippen molar-refractivity contribution < 1.29 is 24.5 Å². The molecule has 0 spiro atoms. The predicted molar refractivity (Wildman–Crippen MR) is 78.5 cm³/mol. The molecule has 1 rings (SSSR count). The van der Waals surface area contributed by atoms with Gasteiger partial charge in [0, 0.05) is 0 Å². The van der Waals surface area contributed by atoms with Crippen molar-refractivity contribution in [2.75, 3.05) is 17.2 Å². The summed E-state index contributed by atoms with van der Waals surface area (Å²) in [6.45, 7) is 4.92. The summed E-state index contributed by atoms with van der Waals surface area (Å²) < 4.78 is 6.52. The Balaban J connectivity index is 3.04. The molecule has 0 saturated heterocycles. The first-order valence-corrected chi connectivity index (χ1v) is 6.80. The van der Waals surface area contributed by atoms with Crippen LogP contribution in [0.25, 0.3) is 0 Å². The Kier molecular flexibility index (Phi) is 5.55. The Labute approximate surface area is 129 Å². The monoisotopic (exact) mass is 364 g/mol. The van der Waals surface area contributed by atoms with Crippen LogP contribution in [0, 0.1) is 0 Å². The number of halogens is 1. The van der Waals surface area contributed by atoms with Gasteiger partial charge in [0.25, 0.3) is 0 Å². The van der Waals surface area contributed by atoms with Gasteiger partial charge < -0.3 is 14.9 Å². The number of aliphatic hydroxyl groups is 1. The van der Waals surface area contributed by atoms with Gasteiger partial charge in [0.2, 0.25) is 0 Å². The van der Waals surface area contributed by atoms with Gasteiger partial charge in [-0.15, -0.1) is 0 Å². The van der Waals surface area contributed by atoms with E-state index in [2.05, 4.69) is 31.7 Å². The highest BCUT2D eigenvalue weighted by Gasteiger charge is 2.23. The van der Waals surface area contributed by atoms with E-state index in [1.807, 2.05) is 0 Å². The normalized spacial score (nSPS) is 11.1. The fourth-order valence-corrected chi connectivity index (χ4v) is 1.91. The fraction of sp³-hybridized carbons (Fsp3) is 0.545. The molecule has 1 heterocycles. The number of nitrogens with one attached hydrogen (secondary N) is 2. The lowest BCUT2D eigenvalue weighted by Crippen LogP contribution is -2.27. The summed E-state index contributed by atoms with van der Waals surface area (Å²) in [4.78, 5) is 22.6. The Morgan fingerprint density at radius 1 is 1.38 bits per heavy atom. The molecule has 0 aliphatic heterocycles. The van der Waals surface area contributed by atoms with E-state index in [1.165, 1.54) is 4.68 Å². The highest BCUT2D eigenvalue weighted by atomic mass is 79.9. The summed E-state index contributed by atoms with van der Waals surface area (Å²) in [6, 6.07) is 0. The molecule has 0 aromatic carbocycles. The number of rotatable bonds is 4. The van der Waals surface area contributed by atoms with E-state index in [0.29, 0.717) is 0 Å².